The van der Waals surface area contributed by atoms with Crippen LogP contribution in [0.1, 0.15) is 51.4 Å². The summed E-state index contributed by atoms with van der Waals surface area (Å²) in [6.07, 6.45) is 8.54. The van der Waals surface area contributed by atoms with Crippen molar-refractivity contribution in [2.75, 3.05) is 13.6 Å². The largest absolute Gasteiger partial charge is 0.344 e. The van der Waals surface area contributed by atoms with Crippen molar-refractivity contribution in [2.24, 2.45) is 11.3 Å². The Balaban J connectivity index is 1.98. The first-order chi connectivity index (χ1) is 8.18. The molecule has 1 amide bonds. The van der Waals surface area contributed by atoms with Gasteiger partial charge in [-0.2, -0.15) is 5.26 Å². The van der Waals surface area contributed by atoms with Gasteiger partial charge < -0.3 is 4.90 Å². The number of rotatable bonds is 3. The average Bonchev–Trinajstić information content (AvgIpc) is 2.33. The van der Waals surface area contributed by atoms with E-state index in [-0.39, 0.29) is 5.91 Å². The van der Waals surface area contributed by atoms with Crippen molar-refractivity contribution >= 4 is 5.91 Å². The SMILES string of the molecule is CN(CC1CCC1)C(=O)C1(C#N)CCCCC1. The fourth-order valence-corrected chi connectivity index (χ4v) is 3.04. The molecule has 0 aromatic carbocycles. The molecule has 3 nitrogen and oxygen atoms in total. The minimum atomic E-state index is -0.698. The molecule has 0 heterocycles. The molecule has 0 N–H and O–H groups in total. The van der Waals surface area contributed by atoms with Gasteiger partial charge in [0.15, 0.2) is 0 Å². The van der Waals surface area contributed by atoms with E-state index in [2.05, 4.69) is 6.07 Å². The van der Waals surface area contributed by atoms with Gasteiger partial charge in [-0.1, -0.05) is 25.7 Å². The van der Waals surface area contributed by atoms with Crippen molar-refractivity contribution in [1.29, 1.82) is 5.26 Å². The molecule has 94 valence electrons. The van der Waals surface area contributed by atoms with E-state index in [0.717, 1.165) is 32.2 Å². The van der Waals surface area contributed by atoms with Crippen LogP contribution in [0.25, 0.3) is 0 Å². The zero-order valence-corrected chi connectivity index (χ0v) is 10.7. The lowest BCUT2D eigenvalue weighted by molar-refractivity contribution is -0.140. The number of hydrogen-bond donors (Lipinski definition) is 0. The highest BCUT2D eigenvalue weighted by Crippen LogP contribution is 2.38. The number of nitriles is 1. The zero-order valence-electron chi connectivity index (χ0n) is 10.7. The quantitative estimate of drug-likeness (QED) is 0.753. The van der Waals surface area contributed by atoms with Gasteiger partial charge in [-0.15, -0.1) is 0 Å². The van der Waals surface area contributed by atoms with Crippen LogP contribution >= 0.6 is 0 Å². The maximum absolute atomic E-state index is 12.4. The van der Waals surface area contributed by atoms with Crippen LogP contribution in [-0.4, -0.2) is 24.4 Å². The summed E-state index contributed by atoms with van der Waals surface area (Å²) in [5.74, 6) is 0.759. The maximum atomic E-state index is 12.4. The molecule has 0 saturated heterocycles. The summed E-state index contributed by atoms with van der Waals surface area (Å²) in [6.45, 7) is 0.849. The van der Waals surface area contributed by atoms with Crippen LogP contribution in [0, 0.1) is 22.7 Å². The maximum Gasteiger partial charge on any atom is 0.242 e. The predicted octanol–water partition coefficient (Wildman–Crippen LogP) is 2.72. The number of amides is 1. The fraction of sp³-hybridized carbons (Fsp3) is 0.857. The van der Waals surface area contributed by atoms with E-state index in [4.69, 9.17) is 0 Å². The number of hydrogen-bond acceptors (Lipinski definition) is 2. The smallest absolute Gasteiger partial charge is 0.242 e. The molecular formula is C14H22N2O. The molecule has 2 rings (SSSR count). The zero-order chi connectivity index (χ0) is 12.3. The van der Waals surface area contributed by atoms with Gasteiger partial charge in [-0.05, 0) is 31.6 Å². The van der Waals surface area contributed by atoms with Gasteiger partial charge in [0.2, 0.25) is 5.91 Å². The second-order valence-corrected chi connectivity index (χ2v) is 5.74. The van der Waals surface area contributed by atoms with Crippen LogP contribution in [0.2, 0.25) is 0 Å². The minimum absolute atomic E-state index is 0.0756. The summed E-state index contributed by atoms with van der Waals surface area (Å²) in [6, 6.07) is 2.32. The van der Waals surface area contributed by atoms with Crippen LogP contribution in [0.3, 0.4) is 0 Å². The van der Waals surface area contributed by atoms with E-state index in [9.17, 15) is 10.1 Å². The average molecular weight is 234 g/mol. The van der Waals surface area contributed by atoms with Gasteiger partial charge in [0.25, 0.3) is 0 Å². The molecule has 0 spiro atoms. The van der Waals surface area contributed by atoms with Gasteiger partial charge in [0.1, 0.15) is 5.41 Å². The van der Waals surface area contributed by atoms with Gasteiger partial charge in [0.05, 0.1) is 6.07 Å². The normalized spacial score (nSPS) is 23.5. The molecule has 17 heavy (non-hydrogen) atoms. The first kappa shape index (κ1) is 12.4. The second kappa shape index (κ2) is 5.08. The first-order valence-electron chi connectivity index (χ1n) is 6.85. The van der Waals surface area contributed by atoms with E-state index in [1.54, 1.807) is 0 Å². The Kier molecular flexibility index (Phi) is 3.71. The van der Waals surface area contributed by atoms with Crippen molar-refractivity contribution < 1.29 is 4.79 Å². The van der Waals surface area contributed by atoms with Crippen molar-refractivity contribution in [3.05, 3.63) is 0 Å². The van der Waals surface area contributed by atoms with Crippen LogP contribution in [-0.2, 0) is 4.79 Å². The van der Waals surface area contributed by atoms with Crippen LogP contribution in [0.15, 0.2) is 0 Å². The molecule has 0 unspecified atom stereocenters. The summed E-state index contributed by atoms with van der Waals surface area (Å²) in [4.78, 5) is 14.2. The molecule has 2 saturated carbocycles. The van der Waals surface area contributed by atoms with Gasteiger partial charge in [-0.3, -0.25) is 4.79 Å². The van der Waals surface area contributed by atoms with Crippen molar-refractivity contribution in [3.63, 3.8) is 0 Å². The minimum Gasteiger partial charge on any atom is -0.344 e. The summed E-state index contributed by atoms with van der Waals surface area (Å²) >= 11 is 0. The van der Waals surface area contributed by atoms with Gasteiger partial charge in [-0.25, -0.2) is 0 Å². The lowest BCUT2D eigenvalue weighted by Crippen LogP contribution is -2.45. The third-order valence-electron chi connectivity index (χ3n) is 4.43. The van der Waals surface area contributed by atoms with Gasteiger partial charge >= 0.3 is 0 Å². The van der Waals surface area contributed by atoms with E-state index in [1.165, 1.54) is 25.7 Å². The Morgan fingerprint density at radius 1 is 1.29 bits per heavy atom. The molecular weight excluding hydrogens is 212 g/mol. The monoisotopic (exact) mass is 234 g/mol. The van der Waals surface area contributed by atoms with Gasteiger partial charge in [0, 0.05) is 13.6 Å². The van der Waals surface area contributed by atoms with E-state index < -0.39 is 5.41 Å². The molecule has 0 radical (unpaired) electrons. The first-order valence-corrected chi connectivity index (χ1v) is 6.85. The summed E-state index contributed by atoms with van der Waals surface area (Å²) in [5, 5.41) is 9.37. The molecule has 0 aromatic rings. The van der Waals surface area contributed by atoms with E-state index >= 15 is 0 Å². The third kappa shape index (κ3) is 2.46. The summed E-state index contributed by atoms with van der Waals surface area (Å²) < 4.78 is 0. The Labute approximate surface area is 104 Å². The summed E-state index contributed by atoms with van der Waals surface area (Å²) in [5.41, 5.74) is -0.698. The van der Waals surface area contributed by atoms with Crippen molar-refractivity contribution in [1.82, 2.24) is 4.90 Å². The molecule has 2 aliphatic carbocycles. The second-order valence-electron chi connectivity index (χ2n) is 5.74. The Morgan fingerprint density at radius 3 is 2.41 bits per heavy atom. The number of nitrogens with zero attached hydrogens (tertiary/aromatic N) is 2. The molecule has 0 aliphatic heterocycles. The third-order valence-corrected chi connectivity index (χ3v) is 4.43. The topological polar surface area (TPSA) is 44.1 Å². The van der Waals surface area contributed by atoms with E-state index in [1.807, 2.05) is 11.9 Å². The molecule has 0 aromatic heterocycles. The molecule has 0 atom stereocenters. The van der Waals surface area contributed by atoms with Crippen molar-refractivity contribution in [2.45, 2.75) is 51.4 Å². The van der Waals surface area contributed by atoms with Crippen LogP contribution in [0.4, 0.5) is 0 Å². The van der Waals surface area contributed by atoms with Crippen LogP contribution in [0.5, 0.6) is 0 Å². The Hall–Kier alpha value is -1.04. The lowest BCUT2D eigenvalue weighted by atomic mass is 9.74. The number of carbonyl (C=O) groups is 1. The predicted molar refractivity (Wildman–Crippen MR) is 66.1 cm³/mol. The van der Waals surface area contributed by atoms with E-state index in [0.29, 0.717) is 5.92 Å². The summed E-state index contributed by atoms with van der Waals surface area (Å²) in [7, 11) is 1.87. The molecule has 3 heteroatoms. The van der Waals surface area contributed by atoms with Crippen LogP contribution < -0.4 is 0 Å². The Bertz CT molecular complexity index is 322. The number of carbonyl (C=O) groups excluding carboxylic acids is 1. The molecule has 0 bridgehead atoms. The fourth-order valence-electron chi connectivity index (χ4n) is 3.04. The van der Waals surface area contributed by atoms with Crippen molar-refractivity contribution in [3.8, 4) is 6.07 Å². The molecule has 2 fully saturated rings. The standard InChI is InChI=1S/C14H22N2O/c1-16(10-12-6-5-7-12)13(17)14(11-15)8-3-2-4-9-14/h12H,2-10H2,1H3. The highest BCUT2D eigenvalue weighted by Gasteiger charge is 2.42. The lowest BCUT2D eigenvalue weighted by Gasteiger charge is -2.36. The Morgan fingerprint density at radius 2 is 1.94 bits per heavy atom. The highest BCUT2D eigenvalue weighted by molar-refractivity contribution is 5.85. The molecule has 2 aliphatic rings. The highest BCUT2D eigenvalue weighted by atomic mass is 16.2.